The monoisotopic (exact) mass is 296 g/mol. The van der Waals surface area contributed by atoms with Crippen LogP contribution in [0.2, 0.25) is 5.02 Å². The van der Waals surface area contributed by atoms with Gasteiger partial charge in [0.1, 0.15) is 0 Å². The minimum Gasteiger partial charge on any atom is -0.381 e. The van der Waals surface area contributed by atoms with Gasteiger partial charge in [0, 0.05) is 19.8 Å². The maximum Gasteiger partial charge on any atom is 0.319 e. The lowest BCUT2D eigenvalue weighted by atomic mass is 10.2. The van der Waals surface area contributed by atoms with E-state index in [0.717, 1.165) is 24.5 Å². The van der Waals surface area contributed by atoms with E-state index in [1.54, 1.807) is 6.07 Å². The van der Waals surface area contributed by atoms with Gasteiger partial charge in [0.25, 0.3) is 0 Å². The Hall–Kier alpha value is -1.26. The number of ether oxygens (including phenoxy) is 1. The van der Waals surface area contributed by atoms with Crippen LogP contribution in [0.15, 0.2) is 18.2 Å². The average Bonchev–Trinajstić information content (AvgIpc) is 3.21. The number of anilines is 1. The highest BCUT2D eigenvalue weighted by Crippen LogP contribution is 2.28. The first-order valence-electron chi connectivity index (χ1n) is 7.04. The highest BCUT2D eigenvalue weighted by molar-refractivity contribution is 6.33. The van der Waals surface area contributed by atoms with Crippen molar-refractivity contribution in [3.05, 3.63) is 28.8 Å². The lowest BCUT2D eigenvalue weighted by Crippen LogP contribution is -2.30. The maximum absolute atomic E-state index is 11.7. The highest BCUT2D eigenvalue weighted by atomic mass is 35.5. The average molecular weight is 297 g/mol. The first-order chi connectivity index (χ1) is 9.65. The summed E-state index contributed by atoms with van der Waals surface area (Å²) in [6.45, 7) is 4.12. The van der Waals surface area contributed by atoms with Gasteiger partial charge in [0.05, 0.1) is 10.7 Å². The summed E-state index contributed by atoms with van der Waals surface area (Å²) in [5, 5.41) is 6.07. The number of amides is 2. The first-order valence-corrected chi connectivity index (χ1v) is 7.41. The van der Waals surface area contributed by atoms with Gasteiger partial charge in [0.15, 0.2) is 0 Å². The van der Waals surface area contributed by atoms with Crippen molar-refractivity contribution in [1.29, 1.82) is 0 Å². The molecular formula is C15H21ClN2O2. The topological polar surface area (TPSA) is 50.4 Å². The van der Waals surface area contributed by atoms with Crippen molar-refractivity contribution in [3.63, 3.8) is 0 Å². The summed E-state index contributed by atoms with van der Waals surface area (Å²) in [5.41, 5.74) is 1.69. The van der Waals surface area contributed by atoms with Crippen LogP contribution in [-0.2, 0) is 4.74 Å². The Bertz CT molecular complexity index is 461. The van der Waals surface area contributed by atoms with Crippen LogP contribution >= 0.6 is 11.6 Å². The van der Waals surface area contributed by atoms with Gasteiger partial charge in [-0.15, -0.1) is 0 Å². The molecule has 20 heavy (non-hydrogen) atoms. The number of benzene rings is 1. The van der Waals surface area contributed by atoms with Crippen LogP contribution in [0.25, 0.3) is 0 Å². The third-order valence-electron chi connectivity index (χ3n) is 3.17. The number of nitrogens with one attached hydrogen (secondary N) is 2. The molecule has 4 nitrogen and oxygen atoms in total. The number of carbonyl (C=O) groups is 1. The van der Waals surface area contributed by atoms with Crippen LogP contribution in [0.3, 0.4) is 0 Å². The molecule has 110 valence electrons. The lowest BCUT2D eigenvalue weighted by Gasteiger charge is -2.09. The maximum atomic E-state index is 11.7. The Kier molecular flexibility index (Phi) is 5.68. The zero-order valence-corrected chi connectivity index (χ0v) is 12.5. The summed E-state index contributed by atoms with van der Waals surface area (Å²) in [4.78, 5) is 11.7. The minimum atomic E-state index is -0.238. The molecule has 1 aliphatic carbocycles. The molecule has 0 unspecified atom stereocenters. The molecule has 1 aliphatic rings. The van der Waals surface area contributed by atoms with Crippen molar-refractivity contribution < 1.29 is 9.53 Å². The smallest absolute Gasteiger partial charge is 0.319 e. The zero-order chi connectivity index (χ0) is 14.4. The molecule has 0 aromatic heterocycles. The second-order valence-electron chi connectivity index (χ2n) is 5.24. The van der Waals surface area contributed by atoms with Crippen LogP contribution in [0.5, 0.6) is 0 Å². The predicted molar refractivity (Wildman–Crippen MR) is 81.4 cm³/mol. The molecule has 0 heterocycles. The number of urea groups is 1. The van der Waals surface area contributed by atoms with Crippen LogP contribution < -0.4 is 10.6 Å². The second-order valence-corrected chi connectivity index (χ2v) is 5.64. The Balaban J connectivity index is 1.59. The van der Waals surface area contributed by atoms with Gasteiger partial charge in [-0.3, -0.25) is 0 Å². The van der Waals surface area contributed by atoms with Crippen LogP contribution in [0.1, 0.15) is 24.8 Å². The van der Waals surface area contributed by atoms with Gasteiger partial charge >= 0.3 is 6.03 Å². The summed E-state index contributed by atoms with van der Waals surface area (Å²) in [7, 11) is 0. The summed E-state index contributed by atoms with van der Waals surface area (Å²) in [5.74, 6) is 0.787. The number of carbonyl (C=O) groups excluding carboxylic acids is 1. The summed E-state index contributed by atoms with van der Waals surface area (Å²) in [6.07, 6.45) is 3.43. The van der Waals surface area contributed by atoms with E-state index < -0.39 is 0 Å². The second kappa shape index (κ2) is 7.50. The molecule has 2 rings (SSSR count). The van der Waals surface area contributed by atoms with Gasteiger partial charge in [-0.2, -0.15) is 0 Å². The van der Waals surface area contributed by atoms with Gasteiger partial charge in [0.2, 0.25) is 0 Å². The molecule has 1 saturated carbocycles. The number of aryl methyl sites for hydroxylation is 1. The third-order valence-corrected chi connectivity index (χ3v) is 3.49. The molecule has 0 atom stereocenters. The van der Waals surface area contributed by atoms with E-state index in [1.807, 2.05) is 19.1 Å². The van der Waals surface area contributed by atoms with Crippen molar-refractivity contribution >= 4 is 23.3 Å². The molecular weight excluding hydrogens is 276 g/mol. The molecule has 1 aromatic carbocycles. The van der Waals surface area contributed by atoms with Gasteiger partial charge in [-0.1, -0.05) is 17.7 Å². The standard InChI is InChI=1S/C15H21ClN2O2/c1-11-3-6-14(13(16)9-11)18-15(19)17-7-2-8-20-10-12-4-5-12/h3,6,9,12H,2,4-5,7-8,10H2,1H3,(H2,17,18,19). The lowest BCUT2D eigenvalue weighted by molar-refractivity contribution is 0.122. The molecule has 0 aliphatic heterocycles. The van der Waals surface area contributed by atoms with Crippen molar-refractivity contribution in [2.24, 2.45) is 5.92 Å². The van der Waals surface area contributed by atoms with Crippen LogP contribution in [0.4, 0.5) is 10.5 Å². The Labute approximate surface area is 124 Å². The van der Waals surface area contributed by atoms with E-state index in [1.165, 1.54) is 12.8 Å². The summed E-state index contributed by atoms with van der Waals surface area (Å²) < 4.78 is 5.50. The predicted octanol–water partition coefficient (Wildman–Crippen LogP) is 3.59. The van der Waals surface area contributed by atoms with E-state index in [-0.39, 0.29) is 6.03 Å². The van der Waals surface area contributed by atoms with E-state index in [4.69, 9.17) is 16.3 Å². The number of halogens is 1. The van der Waals surface area contributed by atoms with Gasteiger partial charge in [-0.25, -0.2) is 4.79 Å². The number of hydrogen-bond acceptors (Lipinski definition) is 2. The first kappa shape index (κ1) is 15.1. The van der Waals surface area contributed by atoms with Gasteiger partial charge < -0.3 is 15.4 Å². The van der Waals surface area contributed by atoms with Crippen molar-refractivity contribution in [3.8, 4) is 0 Å². The number of rotatable bonds is 7. The largest absolute Gasteiger partial charge is 0.381 e. The quantitative estimate of drug-likeness (QED) is 0.756. The Morgan fingerprint density at radius 1 is 1.45 bits per heavy atom. The fourth-order valence-electron chi connectivity index (χ4n) is 1.80. The zero-order valence-electron chi connectivity index (χ0n) is 11.7. The van der Waals surface area contributed by atoms with Crippen molar-refractivity contribution in [2.45, 2.75) is 26.2 Å². The molecule has 5 heteroatoms. The molecule has 0 bridgehead atoms. The molecule has 2 N–H and O–H groups in total. The molecule has 0 radical (unpaired) electrons. The molecule has 0 saturated heterocycles. The van der Waals surface area contributed by atoms with Gasteiger partial charge in [-0.05, 0) is 49.8 Å². The molecule has 1 fully saturated rings. The molecule has 0 spiro atoms. The number of hydrogen-bond donors (Lipinski definition) is 2. The third kappa shape index (κ3) is 5.39. The van der Waals surface area contributed by atoms with Crippen LogP contribution in [-0.4, -0.2) is 25.8 Å². The normalized spacial score (nSPS) is 14.1. The highest BCUT2D eigenvalue weighted by Gasteiger charge is 2.20. The molecule has 1 aromatic rings. The van der Waals surface area contributed by atoms with Crippen molar-refractivity contribution in [2.75, 3.05) is 25.1 Å². The summed E-state index contributed by atoms with van der Waals surface area (Å²) in [6, 6.07) is 5.30. The fourth-order valence-corrected chi connectivity index (χ4v) is 2.08. The van der Waals surface area contributed by atoms with E-state index in [2.05, 4.69) is 10.6 Å². The van der Waals surface area contributed by atoms with Crippen LogP contribution in [0, 0.1) is 12.8 Å². The van der Waals surface area contributed by atoms with Crippen molar-refractivity contribution in [1.82, 2.24) is 5.32 Å². The van der Waals surface area contributed by atoms with E-state index >= 15 is 0 Å². The SMILES string of the molecule is Cc1ccc(NC(=O)NCCCOCC2CC2)c(Cl)c1. The molecule has 2 amide bonds. The minimum absolute atomic E-state index is 0.238. The van der Waals surface area contributed by atoms with E-state index in [9.17, 15) is 4.79 Å². The summed E-state index contributed by atoms with van der Waals surface area (Å²) >= 11 is 6.05. The fraction of sp³-hybridized carbons (Fsp3) is 0.533. The Morgan fingerprint density at radius 3 is 2.95 bits per heavy atom. The van der Waals surface area contributed by atoms with E-state index in [0.29, 0.717) is 23.9 Å². The Morgan fingerprint density at radius 2 is 2.25 bits per heavy atom.